The zero-order chi connectivity index (χ0) is 18.9. The maximum Gasteiger partial charge on any atom is 0.261 e. The van der Waals surface area contributed by atoms with Gasteiger partial charge in [-0.25, -0.2) is 0 Å². The molecule has 2 N–H and O–H groups in total. The third-order valence-corrected chi connectivity index (χ3v) is 5.77. The standard InChI is InChI=1S/C20H22N2O4S/c1-13(21-19(24)17-6-5-11-27-17)18(23)22-14-7-8-15-16(12-14)26-20(25-15)9-3-2-4-10-20/h5-8,11-13H,2-4,9-10H2,1H3,(H,21,24)(H,22,23). The molecule has 1 aliphatic heterocycles. The van der Waals surface area contributed by atoms with Gasteiger partial charge >= 0.3 is 0 Å². The lowest BCUT2D eigenvalue weighted by Crippen LogP contribution is -2.41. The van der Waals surface area contributed by atoms with Gasteiger partial charge in [0.2, 0.25) is 5.91 Å². The largest absolute Gasteiger partial charge is 0.448 e. The highest BCUT2D eigenvalue weighted by Crippen LogP contribution is 2.46. The fourth-order valence-electron chi connectivity index (χ4n) is 3.46. The van der Waals surface area contributed by atoms with Crippen molar-refractivity contribution in [2.45, 2.75) is 50.9 Å². The Morgan fingerprint density at radius 1 is 1.11 bits per heavy atom. The van der Waals surface area contributed by atoms with Gasteiger partial charge in [0.1, 0.15) is 6.04 Å². The lowest BCUT2D eigenvalue weighted by atomic mass is 9.94. The van der Waals surface area contributed by atoms with Gasteiger partial charge in [-0.2, -0.15) is 0 Å². The summed E-state index contributed by atoms with van der Waals surface area (Å²) >= 11 is 1.34. The average Bonchev–Trinajstić information content (AvgIpc) is 3.29. The van der Waals surface area contributed by atoms with E-state index in [2.05, 4.69) is 10.6 Å². The second-order valence-corrected chi connectivity index (χ2v) is 7.95. The van der Waals surface area contributed by atoms with Crippen molar-refractivity contribution in [3.63, 3.8) is 0 Å². The first kappa shape index (κ1) is 17.9. The summed E-state index contributed by atoms with van der Waals surface area (Å²) in [5, 5.41) is 7.36. The Morgan fingerprint density at radius 2 is 1.89 bits per heavy atom. The van der Waals surface area contributed by atoms with Crippen LogP contribution in [0.15, 0.2) is 35.7 Å². The third-order valence-electron chi connectivity index (χ3n) is 4.90. The normalized spacial score (nSPS) is 18.1. The first-order valence-electron chi connectivity index (χ1n) is 9.22. The predicted octanol–water partition coefficient (Wildman–Crippen LogP) is 3.94. The first-order valence-corrected chi connectivity index (χ1v) is 10.1. The molecule has 2 aromatic rings. The van der Waals surface area contributed by atoms with Crippen molar-refractivity contribution in [2.24, 2.45) is 0 Å². The van der Waals surface area contributed by atoms with Gasteiger partial charge in [0, 0.05) is 24.6 Å². The minimum absolute atomic E-state index is 0.252. The molecule has 2 heterocycles. The number of nitrogens with one attached hydrogen (secondary N) is 2. The summed E-state index contributed by atoms with van der Waals surface area (Å²) in [5.41, 5.74) is 0.618. The van der Waals surface area contributed by atoms with Crippen LogP contribution >= 0.6 is 11.3 Å². The van der Waals surface area contributed by atoms with E-state index in [0.29, 0.717) is 22.1 Å². The molecule has 1 saturated carbocycles. The second kappa shape index (κ2) is 7.23. The van der Waals surface area contributed by atoms with Crippen LogP contribution in [-0.4, -0.2) is 23.6 Å². The van der Waals surface area contributed by atoms with Crippen LogP contribution in [0.3, 0.4) is 0 Å². The Labute approximate surface area is 161 Å². The Balaban J connectivity index is 1.38. The fourth-order valence-corrected chi connectivity index (χ4v) is 4.08. The molecule has 1 atom stereocenters. The van der Waals surface area contributed by atoms with Gasteiger partial charge in [-0.1, -0.05) is 12.5 Å². The number of carbonyl (C=O) groups is 2. The molecule has 1 unspecified atom stereocenters. The molecule has 0 saturated heterocycles. The van der Waals surface area contributed by atoms with E-state index in [1.165, 1.54) is 17.8 Å². The lowest BCUT2D eigenvalue weighted by Gasteiger charge is -2.31. The Hall–Kier alpha value is -2.54. The van der Waals surface area contributed by atoms with Crippen LogP contribution in [0.5, 0.6) is 11.5 Å². The highest BCUT2D eigenvalue weighted by atomic mass is 32.1. The molecule has 1 fully saturated rings. The zero-order valence-corrected chi connectivity index (χ0v) is 15.9. The van der Waals surface area contributed by atoms with Crippen molar-refractivity contribution >= 4 is 28.8 Å². The maximum absolute atomic E-state index is 12.4. The van der Waals surface area contributed by atoms with E-state index >= 15 is 0 Å². The average molecular weight is 386 g/mol. The molecule has 1 aromatic carbocycles. The van der Waals surface area contributed by atoms with Crippen LogP contribution in [0.25, 0.3) is 0 Å². The van der Waals surface area contributed by atoms with E-state index < -0.39 is 11.8 Å². The molecule has 1 aliphatic carbocycles. The summed E-state index contributed by atoms with van der Waals surface area (Å²) in [6, 6.07) is 8.26. The zero-order valence-electron chi connectivity index (χ0n) is 15.1. The molecular formula is C20H22N2O4S. The molecule has 0 radical (unpaired) electrons. The van der Waals surface area contributed by atoms with Gasteiger partial charge in [0.25, 0.3) is 11.7 Å². The molecule has 1 aromatic heterocycles. The summed E-state index contributed by atoms with van der Waals surface area (Å²) in [7, 11) is 0. The maximum atomic E-state index is 12.4. The number of fused-ring (bicyclic) bond motifs is 1. The van der Waals surface area contributed by atoms with Gasteiger partial charge in [-0.05, 0) is 43.3 Å². The van der Waals surface area contributed by atoms with Gasteiger partial charge in [0.05, 0.1) is 4.88 Å². The second-order valence-electron chi connectivity index (χ2n) is 7.00. The smallest absolute Gasteiger partial charge is 0.261 e. The fraction of sp³-hybridized carbons (Fsp3) is 0.400. The van der Waals surface area contributed by atoms with Crippen molar-refractivity contribution < 1.29 is 19.1 Å². The molecular weight excluding hydrogens is 364 g/mol. The van der Waals surface area contributed by atoms with Gasteiger partial charge in [0.15, 0.2) is 11.5 Å². The first-order chi connectivity index (χ1) is 13.0. The van der Waals surface area contributed by atoms with E-state index in [1.807, 2.05) is 11.4 Å². The van der Waals surface area contributed by atoms with Gasteiger partial charge in [-0.3, -0.25) is 9.59 Å². The highest BCUT2D eigenvalue weighted by molar-refractivity contribution is 7.12. The number of hydrogen-bond acceptors (Lipinski definition) is 5. The predicted molar refractivity (Wildman–Crippen MR) is 103 cm³/mol. The van der Waals surface area contributed by atoms with Gasteiger partial charge in [-0.15, -0.1) is 11.3 Å². The number of carbonyl (C=O) groups excluding carboxylic acids is 2. The monoisotopic (exact) mass is 386 g/mol. The molecule has 6 nitrogen and oxygen atoms in total. The van der Waals surface area contributed by atoms with E-state index in [9.17, 15) is 9.59 Å². The lowest BCUT2D eigenvalue weighted by molar-refractivity contribution is -0.117. The summed E-state index contributed by atoms with van der Waals surface area (Å²) < 4.78 is 12.1. The number of amides is 2. The minimum atomic E-state index is -0.658. The van der Waals surface area contributed by atoms with Crippen LogP contribution < -0.4 is 20.1 Å². The van der Waals surface area contributed by atoms with Crippen LogP contribution in [0.4, 0.5) is 5.69 Å². The molecule has 7 heteroatoms. The summed E-state index contributed by atoms with van der Waals surface area (Å²) in [5.74, 6) is 0.299. The summed E-state index contributed by atoms with van der Waals surface area (Å²) in [4.78, 5) is 25.1. The van der Waals surface area contributed by atoms with E-state index in [4.69, 9.17) is 9.47 Å². The van der Waals surface area contributed by atoms with E-state index in [0.717, 1.165) is 25.7 Å². The number of ether oxygens (including phenoxy) is 2. The van der Waals surface area contributed by atoms with Crippen molar-refractivity contribution in [1.82, 2.24) is 5.32 Å². The topological polar surface area (TPSA) is 76.7 Å². The number of rotatable bonds is 4. The van der Waals surface area contributed by atoms with E-state index in [1.54, 1.807) is 31.2 Å². The quantitative estimate of drug-likeness (QED) is 0.835. The number of anilines is 1. The summed E-state index contributed by atoms with van der Waals surface area (Å²) in [6.45, 7) is 1.66. The van der Waals surface area contributed by atoms with Crippen molar-refractivity contribution in [1.29, 1.82) is 0 Å². The molecule has 2 aliphatic rings. The SMILES string of the molecule is CC(NC(=O)c1cccs1)C(=O)Nc1ccc2c(c1)OC1(CCCCC1)O2. The van der Waals surface area contributed by atoms with Crippen molar-refractivity contribution in [2.75, 3.05) is 5.32 Å². The highest BCUT2D eigenvalue weighted by Gasteiger charge is 2.42. The molecule has 1 spiro atoms. The Bertz CT molecular complexity index is 844. The van der Waals surface area contributed by atoms with Crippen molar-refractivity contribution in [3.05, 3.63) is 40.6 Å². The third kappa shape index (κ3) is 3.78. The van der Waals surface area contributed by atoms with Crippen molar-refractivity contribution in [3.8, 4) is 11.5 Å². The molecule has 0 bridgehead atoms. The number of benzene rings is 1. The Morgan fingerprint density at radius 3 is 2.63 bits per heavy atom. The molecule has 142 valence electrons. The van der Waals surface area contributed by atoms with Crippen LogP contribution in [0, 0.1) is 0 Å². The number of hydrogen-bond donors (Lipinski definition) is 2. The molecule has 27 heavy (non-hydrogen) atoms. The molecule has 2 amide bonds. The van der Waals surface area contributed by atoms with E-state index in [-0.39, 0.29) is 11.8 Å². The molecule has 4 rings (SSSR count). The minimum Gasteiger partial charge on any atom is -0.448 e. The summed E-state index contributed by atoms with van der Waals surface area (Å²) in [6.07, 6.45) is 5.17. The van der Waals surface area contributed by atoms with Crippen LogP contribution in [-0.2, 0) is 4.79 Å². The van der Waals surface area contributed by atoms with Crippen LogP contribution in [0.2, 0.25) is 0 Å². The number of thiophene rings is 1. The Kier molecular flexibility index (Phi) is 4.78. The van der Waals surface area contributed by atoms with Gasteiger partial charge < -0.3 is 20.1 Å². The van der Waals surface area contributed by atoms with Crippen LogP contribution in [0.1, 0.15) is 48.7 Å².